The molecule has 1 fully saturated rings. The summed E-state index contributed by atoms with van der Waals surface area (Å²) in [5.41, 5.74) is 1.58. The lowest BCUT2D eigenvalue weighted by molar-refractivity contribution is -0.143. The number of methoxy groups -OCH3 is 3. The van der Waals surface area contributed by atoms with E-state index in [4.69, 9.17) is 14.2 Å². The van der Waals surface area contributed by atoms with Gasteiger partial charge >= 0.3 is 5.97 Å². The van der Waals surface area contributed by atoms with Crippen LogP contribution in [0.2, 0.25) is 0 Å². The van der Waals surface area contributed by atoms with Gasteiger partial charge < -0.3 is 19.3 Å². The van der Waals surface area contributed by atoms with Gasteiger partial charge in [0.2, 0.25) is 5.75 Å². The maximum Gasteiger partial charge on any atom is 0.306 e. The lowest BCUT2D eigenvalue weighted by Gasteiger charge is -2.37. The molecule has 0 aromatic heterocycles. The highest BCUT2D eigenvalue weighted by Gasteiger charge is 2.33. The summed E-state index contributed by atoms with van der Waals surface area (Å²) in [4.78, 5) is 13.5. The van der Waals surface area contributed by atoms with E-state index in [1.54, 1.807) is 33.5 Å². The number of likely N-dealkylation sites (tertiary alicyclic amines) is 1. The molecule has 6 nitrogen and oxygen atoms in total. The molecule has 1 aliphatic rings. The van der Waals surface area contributed by atoms with E-state index in [9.17, 15) is 14.3 Å². The standard InChI is InChI=1S/C22H26FNO5/c1-27-18-8-7-17(20(28-2)21(18)29-3)19(15-5-4-6-16(23)13-15)24-11-9-14(10-12-24)22(25)26/h4-8,13-14,19H,9-12H2,1-3H3,(H,25,26). The summed E-state index contributed by atoms with van der Waals surface area (Å²) in [6.45, 7) is 1.16. The molecule has 156 valence electrons. The Hall–Kier alpha value is -2.80. The molecule has 29 heavy (non-hydrogen) atoms. The number of carboxylic acid groups (broad SMARTS) is 1. The zero-order valence-corrected chi connectivity index (χ0v) is 16.9. The Morgan fingerprint density at radius 1 is 1.07 bits per heavy atom. The van der Waals surface area contributed by atoms with Gasteiger partial charge in [-0.25, -0.2) is 4.39 Å². The third-order valence-corrected chi connectivity index (χ3v) is 5.44. The minimum atomic E-state index is -0.768. The fourth-order valence-corrected chi connectivity index (χ4v) is 4.01. The maximum absolute atomic E-state index is 14.1. The normalized spacial score (nSPS) is 16.3. The summed E-state index contributed by atoms with van der Waals surface area (Å²) in [6.07, 6.45) is 1.08. The van der Waals surface area contributed by atoms with Crippen LogP contribution in [-0.4, -0.2) is 50.4 Å². The number of aliphatic carboxylic acids is 1. The van der Waals surface area contributed by atoms with Crippen LogP contribution in [-0.2, 0) is 4.79 Å². The van der Waals surface area contributed by atoms with E-state index in [-0.39, 0.29) is 17.8 Å². The van der Waals surface area contributed by atoms with Gasteiger partial charge in [0, 0.05) is 5.56 Å². The fourth-order valence-electron chi connectivity index (χ4n) is 4.01. The number of hydrogen-bond acceptors (Lipinski definition) is 5. The number of piperidine rings is 1. The molecule has 0 amide bonds. The van der Waals surface area contributed by atoms with Gasteiger partial charge in [-0.3, -0.25) is 9.69 Å². The van der Waals surface area contributed by atoms with Crippen molar-refractivity contribution in [3.05, 3.63) is 53.3 Å². The second kappa shape index (κ2) is 9.13. The number of nitrogens with zero attached hydrogens (tertiary/aromatic N) is 1. The van der Waals surface area contributed by atoms with Crippen molar-refractivity contribution in [1.29, 1.82) is 0 Å². The van der Waals surface area contributed by atoms with Crippen molar-refractivity contribution >= 4 is 5.97 Å². The van der Waals surface area contributed by atoms with Crippen molar-refractivity contribution in [2.75, 3.05) is 34.4 Å². The topological polar surface area (TPSA) is 68.2 Å². The smallest absolute Gasteiger partial charge is 0.306 e. The molecule has 0 spiro atoms. The minimum Gasteiger partial charge on any atom is -0.493 e. The van der Waals surface area contributed by atoms with Gasteiger partial charge in [0.15, 0.2) is 11.5 Å². The molecule has 0 aliphatic carbocycles. The largest absolute Gasteiger partial charge is 0.493 e. The number of carboxylic acids is 1. The first-order valence-electron chi connectivity index (χ1n) is 9.51. The Bertz CT molecular complexity index is 864. The Labute approximate surface area is 169 Å². The number of hydrogen-bond donors (Lipinski definition) is 1. The molecule has 2 aromatic rings. The van der Waals surface area contributed by atoms with Crippen LogP contribution >= 0.6 is 0 Å². The van der Waals surface area contributed by atoms with Gasteiger partial charge in [0.05, 0.1) is 33.3 Å². The van der Waals surface area contributed by atoms with Crippen LogP contribution in [0.15, 0.2) is 36.4 Å². The van der Waals surface area contributed by atoms with E-state index >= 15 is 0 Å². The predicted octanol–water partition coefficient (Wildman–Crippen LogP) is 3.74. The van der Waals surface area contributed by atoms with Gasteiger partial charge in [0.25, 0.3) is 0 Å². The molecule has 0 saturated carbocycles. The summed E-state index contributed by atoms with van der Waals surface area (Å²) in [7, 11) is 4.65. The summed E-state index contributed by atoms with van der Waals surface area (Å²) in [5, 5.41) is 9.32. The Morgan fingerprint density at radius 3 is 2.31 bits per heavy atom. The molecule has 1 heterocycles. The number of rotatable bonds is 7. The van der Waals surface area contributed by atoms with Gasteiger partial charge in [0.1, 0.15) is 5.82 Å². The van der Waals surface area contributed by atoms with E-state index in [1.165, 1.54) is 12.1 Å². The Balaban J connectivity index is 2.08. The van der Waals surface area contributed by atoms with E-state index in [2.05, 4.69) is 4.90 Å². The van der Waals surface area contributed by atoms with Crippen molar-refractivity contribution in [1.82, 2.24) is 4.90 Å². The summed E-state index contributed by atoms with van der Waals surface area (Å²) in [6, 6.07) is 9.83. The van der Waals surface area contributed by atoms with Crippen LogP contribution in [0.1, 0.15) is 30.0 Å². The summed E-state index contributed by atoms with van der Waals surface area (Å²) >= 11 is 0. The van der Waals surface area contributed by atoms with E-state index < -0.39 is 5.97 Å². The minimum absolute atomic E-state index is 0.310. The van der Waals surface area contributed by atoms with Crippen LogP contribution < -0.4 is 14.2 Å². The third-order valence-electron chi connectivity index (χ3n) is 5.44. The second-order valence-corrected chi connectivity index (χ2v) is 7.03. The molecule has 1 saturated heterocycles. The van der Waals surface area contributed by atoms with Gasteiger partial charge in [-0.15, -0.1) is 0 Å². The lowest BCUT2D eigenvalue weighted by atomic mass is 9.90. The predicted molar refractivity (Wildman–Crippen MR) is 106 cm³/mol. The number of benzene rings is 2. The molecule has 1 aliphatic heterocycles. The molecule has 0 radical (unpaired) electrons. The molecule has 1 atom stereocenters. The first-order valence-corrected chi connectivity index (χ1v) is 9.51. The van der Waals surface area contributed by atoms with Crippen LogP contribution in [0.25, 0.3) is 0 Å². The monoisotopic (exact) mass is 403 g/mol. The molecule has 2 aromatic carbocycles. The average molecular weight is 403 g/mol. The summed E-state index contributed by atoms with van der Waals surface area (Å²) in [5.74, 6) is 0.0706. The van der Waals surface area contributed by atoms with Gasteiger partial charge in [-0.1, -0.05) is 12.1 Å². The molecular weight excluding hydrogens is 377 g/mol. The highest BCUT2D eigenvalue weighted by atomic mass is 19.1. The van der Waals surface area contributed by atoms with Crippen LogP contribution in [0.4, 0.5) is 4.39 Å². The zero-order chi connectivity index (χ0) is 21.0. The number of ether oxygens (including phenoxy) is 3. The van der Waals surface area contributed by atoms with Gasteiger partial charge in [-0.2, -0.15) is 0 Å². The van der Waals surface area contributed by atoms with Crippen LogP contribution in [0, 0.1) is 11.7 Å². The fraction of sp³-hybridized carbons (Fsp3) is 0.409. The van der Waals surface area contributed by atoms with Crippen molar-refractivity contribution in [3.63, 3.8) is 0 Å². The Kier molecular flexibility index (Phi) is 6.59. The molecule has 1 N–H and O–H groups in total. The molecule has 1 unspecified atom stereocenters. The number of carbonyl (C=O) groups is 1. The van der Waals surface area contributed by atoms with Crippen molar-refractivity contribution in [2.24, 2.45) is 5.92 Å². The lowest BCUT2D eigenvalue weighted by Crippen LogP contribution is -2.39. The zero-order valence-electron chi connectivity index (χ0n) is 16.9. The molecule has 0 bridgehead atoms. The second-order valence-electron chi connectivity index (χ2n) is 7.03. The molecule has 3 rings (SSSR count). The summed E-state index contributed by atoms with van der Waals surface area (Å²) < 4.78 is 30.6. The highest BCUT2D eigenvalue weighted by Crippen LogP contribution is 2.45. The van der Waals surface area contributed by atoms with E-state index in [0.29, 0.717) is 43.2 Å². The third kappa shape index (κ3) is 4.29. The van der Waals surface area contributed by atoms with Crippen molar-refractivity contribution in [2.45, 2.75) is 18.9 Å². The van der Waals surface area contributed by atoms with Crippen LogP contribution in [0.5, 0.6) is 17.2 Å². The first kappa shape index (κ1) is 20.9. The molecular formula is C22H26FNO5. The SMILES string of the molecule is COc1ccc(C(c2cccc(F)c2)N2CCC(C(=O)O)CC2)c(OC)c1OC. The average Bonchev–Trinajstić information content (AvgIpc) is 2.73. The van der Waals surface area contributed by atoms with Crippen molar-refractivity contribution < 1.29 is 28.5 Å². The van der Waals surface area contributed by atoms with Crippen molar-refractivity contribution in [3.8, 4) is 17.2 Å². The van der Waals surface area contributed by atoms with E-state index in [0.717, 1.165) is 11.1 Å². The van der Waals surface area contributed by atoms with Crippen LogP contribution in [0.3, 0.4) is 0 Å². The molecule has 7 heteroatoms. The highest BCUT2D eigenvalue weighted by molar-refractivity contribution is 5.70. The quantitative estimate of drug-likeness (QED) is 0.760. The first-order chi connectivity index (χ1) is 14.0. The Morgan fingerprint density at radius 2 is 1.76 bits per heavy atom. The maximum atomic E-state index is 14.1. The van der Waals surface area contributed by atoms with E-state index in [1.807, 2.05) is 12.1 Å². The number of halogens is 1. The van der Waals surface area contributed by atoms with Gasteiger partial charge in [-0.05, 0) is 55.8 Å².